The van der Waals surface area contributed by atoms with Crippen LogP contribution >= 0.6 is 0 Å². The molecule has 0 saturated heterocycles. The number of rotatable bonds is 10. The Morgan fingerprint density at radius 1 is 1.17 bits per heavy atom. The highest BCUT2D eigenvalue weighted by Gasteiger charge is 2.19. The van der Waals surface area contributed by atoms with Gasteiger partial charge < -0.3 is 31.3 Å². The van der Waals surface area contributed by atoms with E-state index in [1.807, 2.05) is 20.0 Å². The van der Waals surface area contributed by atoms with Gasteiger partial charge in [0.25, 0.3) is 5.91 Å². The van der Waals surface area contributed by atoms with Gasteiger partial charge in [-0.2, -0.15) is 10.1 Å². The van der Waals surface area contributed by atoms with Gasteiger partial charge in [0.15, 0.2) is 5.75 Å². The quantitative estimate of drug-likeness (QED) is 0.256. The number of nitrogens with one attached hydrogen (secondary N) is 2. The third-order valence-corrected chi connectivity index (χ3v) is 5.05. The van der Waals surface area contributed by atoms with Crippen molar-refractivity contribution in [2.45, 2.75) is 26.3 Å². The van der Waals surface area contributed by atoms with Gasteiger partial charge in [-0.25, -0.2) is 9.97 Å². The van der Waals surface area contributed by atoms with Crippen LogP contribution in [0.25, 0.3) is 11.5 Å². The maximum absolute atomic E-state index is 12.1. The predicted molar refractivity (Wildman–Crippen MR) is 131 cm³/mol. The number of methoxy groups -OCH3 is 1. The molecule has 0 radical (unpaired) electrons. The Morgan fingerprint density at radius 2 is 1.97 bits per heavy atom. The molecule has 13 heteroatoms. The summed E-state index contributed by atoms with van der Waals surface area (Å²) in [5.74, 6) is -0.254. The largest absolute Gasteiger partial charge is 0.494 e. The van der Waals surface area contributed by atoms with Crippen molar-refractivity contribution >= 4 is 35.0 Å². The summed E-state index contributed by atoms with van der Waals surface area (Å²) in [5, 5.41) is 10.4. The first-order chi connectivity index (χ1) is 17.2. The zero-order chi connectivity index (χ0) is 25.8. The van der Waals surface area contributed by atoms with Gasteiger partial charge in [0.1, 0.15) is 17.6 Å². The van der Waals surface area contributed by atoms with Gasteiger partial charge in [0.2, 0.25) is 17.7 Å². The fourth-order valence-electron chi connectivity index (χ4n) is 3.37. The summed E-state index contributed by atoms with van der Waals surface area (Å²) in [4.78, 5) is 36.2. The number of nitrogens with zero attached hydrogens (tertiary/aromatic N) is 5. The first-order valence-electron chi connectivity index (χ1n) is 10.9. The van der Waals surface area contributed by atoms with Gasteiger partial charge in [-0.05, 0) is 26.0 Å². The van der Waals surface area contributed by atoms with Crippen LogP contribution < -0.4 is 26.8 Å². The van der Waals surface area contributed by atoms with E-state index in [9.17, 15) is 9.59 Å². The third kappa shape index (κ3) is 5.24. The van der Waals surface area contributed by atoms with Crippen molar-refractivity contribution in [2.75, 3.05) is 17.7 Å². The molecule has 6 N–H and O–H groups in total. The molecule has 4 aromatic rings. The van der Waals surface area contributed by atoms with Crippen molar-refractivity contribution < 1.29 is 18.7 Å². The van der Waals surface area contributed by atoms with E-state index in [-0.39, 0.29) is 35.7 Å². The Bertz CT molecular complexity index is 1410. The average molecular weight is 492 g/mol. The van der Waals surface area contributed by atoms with Crippen LogP contribution in [0.3, 0.4) is 0 Å². The number of benzene rings is 1. The zero-order valence-electron chi connectivity index (χ0n) is 19.8. The minimum absolute atomic E-state index is 0.0570. The van der Waals surface area contributed by atoms with Crippen molar-refractivity contribution in [1.82, 2.24) is 24.7 Å². The molecule has 0 atom stereocenters. The molecule has 186 valence electrons. The Kier molecular flexibility index (Phi) is 6.81. The van der Waals surface area contributed by atoms with E-state index in [1.54, 1.807) is 29.1 Å². The SMILES string of the molecule is COc1c(Nc2nc(Nc3cnn(C(C)C)c3)ncc2C(N)=O)cccc1-c1nc(CC(N)=O)co1. The van der Waals surface area contributed by atoms with E-state index < -0.39 is 11.8 Å². The summed E-state index contributed by atoms with van der Waals surface area (Å²) in [6.45, 7) is 4.02. The molecule has 13 nitrogen and oxygen atoms in total. The third-order valence-electron chi connectivity index (χ3n) is 5.05. The highest BCUT2D eigenvalue weighted by Crippen LogP contribution is 2.37. The lowest BCUT2D eigenvalue weighted by molar-refractivity contribution is -0.117. The van der Waals surface area contributed by atoms with Crippen molar-refractivity contribution in [1.29, 1.82) is 0 Å². The minimum atomic E-state index is -0.712. The molecular formula is C23H25N9O4. The topological polar surface area (TPSA) is 189 Å². The van der Waals surface area contributed by atoms with Crippen LogP contribution in [0.2, 0.25) is 0 Å². The molecule has 3 aromatic heterocycles. The molecule has 2 amide bonds. The Balaban J connectivity index is 1.67. The molecular weight excluding hydrogens is 466 g/mol. The van der Waals surface area contributed by atoms with Crippen molar-refractivity contribution in [3.8, 4) is 17.2 Å². The number of para-hydroxylation sites is 1. The van der Waals surface area contributed by atoms with Crippen molar-refractivity contribution in [2.24, 2.45) is 11.5 Å². The van der Waals surface area contributed by atoms with E-state index >= 15 is 0 Å². The monoisotopic (exact) mass is 491 g/mol. The molecule has 0 fully saturated rings. The van der Waals surface area contributed by atoms with E-state index in [0.29, 0.717) is 28.4 Å². The number of ether oxygens (including phenoxy) is 1. The molecule has 0 unspecified atom stereocenters. The first kappa shape index (κ1) is 24.2. The number of carbonyl (C=O) groups excluding carboxylic acids is 2. The number of primary amides is 2. The zero-order valence-corrected chi connectivity index (χ0v) is 19.8. The van der Waals surface area contributed by atoms with Gasteiger partial charge in [0.05, 0.1) is 42.4 Å². The molecule has 0 spiro atoms. The summed E-state index contributed by atoms with van der Waals surface area (Å²) in [7, 11) is 1.48. The van der Waals surface area contributed by atoms with E-state index in [4.69, 9.17) is 20.6 Å². The van der Waals surface area contributed by atoms with E-state index in [0.717, 1.165) is 0 Å². The van der Waals surface area contributed by atoms with Crippen LogP contribution in [0.1, 0.15) is 35.9 Å². The highest BCUT2D eigenvalue weighted by molar-refractivity contribution is 5.98. The molecule has 3 heterocycles. The minimum Gasteiger partial charge on any atom is -0.494 e. The normalized spacial score (nSPS) is 10.9. The second kappa shape index (κ2) is 10.1. The van der Waals surface area contributed by atoms with Crippen molar-refractivity contribution in [3.05, 3.63) is 54.3 Å². The lowest BCUT2D eigenvalue weighted by atomic mass is 10.1. The van der Waals surface area contributed by atoms with Crippen LogP contribution in [0, 0.1) is 0 Å². The summed E-state index contributed by atoms with van der Waals surface area (Å²) in [6, 6.07) is 5.38. The first-order valence-corrected chi connectivity index (χ1v) is 10.9. The number of hydrogen-bond donors (Lipinski definition) is 4. The molecule has 0 saturated carbocycles. The second-order valence-corrected chi connectivity index (χ2v) is 8.05. The van der Waals surface area contributed by atoms with Gasteiger partial charge in [-0.3, -0.25) is 14.3 Å². The van der Waals surface area contributed by atoms with Gasteiger partial charge in [-0.1, -0.05) is 6.07 Å². The van der Waals surface area contributed by atoms with Gasteiger partial charge in [-0.15, -0.1) is 0 Å². The summed E-state index contributed by atoms with van der Waals surface area (Å²) in [5.41, 5.74) is 12.9. The molecule has 0 aliphatic heterocycles. The Morgan fingerprint density at radius 3 is 2.64 bits per heavy atom. The summed E-state index contributed by atoms with van der Waals surface area (Å²) < 4.78 is 12.9. The van der Waals surface area contributed by atoms with Crippen molar-refractivity contribution in [3.63, 3.8) is 0 Å². The Hall–Kier alpha value is -4.94. The smallest absolute Gasteiger partial charge is 0.254 e. The lowest BCUT2D eigenvalue weighted by Gasteiger charge is -2.15. The number of carbonyl (C=O) groups is 2. The number of hydrogen-bond acceptors (Lipinski definition) is 10. The van der Waals surface area contributed by atoms with E-state index in [2.05, 4.69) is 30.7 Å². The maximum atomic E-state index is 12.1. The van der Waals surface area contributed by atoms with Gasteiger partial charge >= 0.3 is 0 Å². The molecule has 0 bridgehead atoms. The number of nitrogens with two attached hydrogens (primary N) is 2. The number of amides is 2. The number of aromatic nitrogens is 5. The maximum Gasteiger partial charge on any atom is 0.254 e. The van der Waals surface area contributed by atoms with Crippen LogP contribution in [0.15, 0.2) is 47.5 Å². The molecule has 0 aliphatic carbocycles. The second-order valence-electron chi connectivity index (χ2n) is 8.05. The molecule has 0 aliphatic rings. The number of oxazole rings is 1. The molecule has 4 rings (SSSR count). The van der Waals surface area contributed by atoms with Crippen LogP contribution in [-0.4, -0.2) is 43.7 Å². The Labute approximate surface area is 205 Å². The fourth-order valence-corrected chi connectivity index (χ4v) is 3.37. The predicted octanol–water partition coefficient (Wildman–Crippen LogP) is 2.53. The number of anilines is 4. The standard InChI is InChI=1S/C23H25N9O4/c1-12(2)32-10-14(8-27-32)29-23-26-9-16(20(25)34)21(31-23)30-17-6-4-5-15(19(17)35-3)22-28-13(11-36-22)7-18(24)33/h4-6,8-12H,7H2,1-3H3,(H2,24,33)(H2,25,34)(H2,26,29,30,31). The fraction of sp³-hybridized carbons (Fsp3) is 0.217. The summed E-state index contributed by atoms with van der Waals surface area (Å²) in [6.07, 6.45) is 6.09. The van der Waals surface area contributed by atoms with Crippen LogP contribution in [-0.2, 0) is 11.2 Å². The van der Waals surface area contributed by atoms with Crippen LogP contribution in [0.5, 0.6) is 5.75 Å². The molecule has 1 aromatic carbocycles. The molecule has 36 heavy (non-hydrogen) atoms. The highest BCUT2D eigenvalue weighted by atomic mass is 16.5. The van der Waals surface area contributed by atoms with Gasteiger partial charge in [0, 0.05) is 18.4 Å². The lowest BCUT2D eigenvalue weighted by Crippen LogP contribution is -2.16. The average Bonchev–Trinajstić information content (AvgIpc) is 3.48. The van der Waals surface area contributed by atoms with Crippen LogP contribution in [0.4, 0.5) is 23.1 Å². The van der Waals surface area contributed by atoms with E-state index in [1.165, 1.54) is 19.6 Å². The summed E-state index contributed by atoms with van der Waals surface area (Å²) >= 11 is 0.